The van der Waals surface area contributed by atoms with Gasteiger partial charge in [-0.2, -0.15) is 0 Å². The van der Waals surface area contributed by atoms with Crippen LogP contribution in [-0.4, -0.2) is 43.4 Å². The second kappa shape index (κ2) is 4.46. The first-order valence-corrected chi connectivity index (χ1v) is 4.23. The Kier molecular flexibility index (Phi) is 3.52. The maximum absolute atomic E-state index is 10.2. The monoisotopic (exact) mass is 156 g/mol. The van der Waals surface area contributed by atoms with Crippen LogP contribution in [0.5, 0.6) is 0 Å². The van der Waals surface area contributed by atoms with Crippen LogP contribution in [0, 0.1) is 0 Å². The molecule has 1 fully saturated rings. The lowest BCUT2D eigenvalue weighted by Gasteiger charge is -2.31. The molecule has 0 aromatic rings. The molecule has 1 atom stereocenters. The first kappa shape index (κ1) is 8.68. The van der Waals surface area contributed by atoms with Crippen LogP contribution < -0.4 is 5.32 Å². The zero-order chi connectivity index (χ0) is 8.10. The van der Waals surface area contributed by atoms with E-state index in [0.717, 1.165) is 32.5 Å². The SMILES string of the molecule is CC(CC=O)N1CCNCC1. The van der Waals surface area contributed by atoms with Crippen molar-refractivity contribution in [3.63, 3.8) is 0 Å². The second-order valence-corrected chi connectivity index (χ2v) is 3.04. The first-order chi connectivity index (χ1) is 5.34. The zero-order valence-corrected chi connectivity index (χ0v) is 7.05. The van der Waals surface area contributed by atoms with Gasteiger partial charge < -0.3 is 10.1 Å². The van der Waals surface area contributed by atoms with E-state index in [-0.39, 0.29) is 0 Å². The Morgan fingerprint density at radius 3 is 2.73 bits per heavy atom. The van der Waals surface area contributed by atoms with Crippen LogP contribution in [0.25, 0.3) is 0 Å². The number of carbonyl (C=O) groups excluding carboxylic acids is 1. The van der Waals surface area contributed by atoms with Crippen molar-refractivity contribution in [1.29, 1.82) is 0 Å². The van der Waals surface area contributed by atoms with Crippen molar-refractivity contribution in [2.24, 2.45) is 0 Å². The van der Waals surface area contributed by atoms with E-state index in [9.17, 15) is 4.79 Å². The molecule has 1 N–H and O–H groups in total. The lowest BCUT2D eigenvalue weighted by molar-refractivity contribution is -0.108. The zero-order valence-electron chi connectivity index (χ0n) is 7.05. The van der Waals surface area contributed by atoms with Crippen molar-refractivity contribution in [3.8, 4) is 0 Å². The number of aldehydes is 1. The summed E-state index contributed by atoms with van der Waals surface area (Å²) in [6, 6.07) is 0.426. The summed E-state index contributed by atoms with van der Waals surface area (Å²) in [5.41, 5.74) is 0. The Labute approximate surface area is 67.8 Å². The van der Waals surface area contributed by atoms with Gasteiger partial charge in [0.15, 0.2) is 0 Å². The number of hydrogen-bond donors (Lipinski definition) is 1. The quantitative estimate of drug-likeness (QED) is 0.578. The van der Waals surface area contributed by atoms with Crippen LogP contribution >= 0.6 is 0 Å². The van der Waals surface area contributed by atoms with E-state index in [1.807, 2.05) is 0 Å². The maximum atomic E-state index is 10.2. The van der Waals surface area contributed by atoms with E-state index in [2.05, 4.69) is 17.1 Å². The minimum Gasteiger partial charge on any atom is -0.314 e. The Balaban J connectivity index is 2.26. The Bertz CT molecular complexity index is 121. The molecule has 1 aliphatic rings. The van der Waals surface area contributed by atoms with E-state index in [0.29, 0.717) is 12.5 Å². The van der Waals surface area contributed by atoms with Crippen molar-refractivity contribution >= 4 is 6.29 Å². The predicted molar refractivity (Wildman–Crippen MR) is 44.6 cm³/mol. The predicted octanol–water partition coefficient (Wildman–Crippen LogP) is -0.131. The van der Waals surface area contributed by atoms with E-state index < -0.39 is 0 Å². The molecule has 0 radical (unpaired) electrons. The second-order valence-electron chi connectivity index (χ2n) is 3.04. The fraction of sp³-hybridized carbons (Fsp3) is 0.875. The van der Waals surface area contributed by atoms with Gasteiger partial charge in [0, 0.05) is 38.6 Å². The fourth-order valence-electron chi connectivity index (χ4n) is 1.41. The normalized spacial score (nSPS) is 23.0. The van der Waals surface area contributed by atoms with Gasteiger partial charge in [0.25, 0.3) is 0 Å². The Hall–Kier alpha value is -0.410. The molecule has 64 valence electrons. The molecule has 0 bridgehead atoms. The number of piperazine rings is 1. The molecule has 3 nitrogen and oxygen atoms in total. The highest BCUT2D eigenvalue weighted by atomic mass is 16.1. The van der Waals surface area contributed by atoms with Crippen molar-refractivity contribution in [3.05, 3.63) is 0 Å². The summed E-state index contributed by atoms with van der Waals surface area (Å²) in [6.45, 7) is 6.39. The molecule has 0 aromatic carbocycles. The minimum absolute atomic E-state index is 0.426. The van der Waals surface area contributed by atoms with Crippen LogP contribution in [-0.2, 0) is 4.79 Å². The Morgan fingerprint density at radius 1 is 1.55 bits per heavy atom. The molecule has 1 unspecified atom stereocenters. The van der Waals surface area contributed by atoms with E-state index >= 15 is 0 Å². The fourth-order valence-corrected chi connectivity index (χ4v) is 1.41. The van der Waals surface area contributed by atoms with Crippen molar-refractivity contribution in [2.75, 3.05) is 26.2 Å². The maximum Gasteiger partial charge on any atom is 0.121 e. The highest BCUT2D eigenvalue weighted by Crippen LogP contribution is 2.02. The minimum atomic E-state index is 0.426. The molecule has 1 aliphatic heterocycles. The van der Waals surface area contributed by atoms with E-state index in [4.69, 9.17) is 0 Å². The number of nitrogens with zero attached hydrogens (tertiary/aromatic N) is 1. The topological polar surface area (TPSA) is 32.3 Å². The average molecular weight is 156 g/mol. The van der Waals surface area contributed by atoms with Crippen LogP contribution in [0.15, 0.2) is 0 Å². The molecule has 0 saturated carbocycles. The van der Waals surface area contributed by atoms with Gasteiger partial charge in [-0.1, -0.05) is 0 Å². The third-order valence-corrected chi connectivity index (χ3v) is 2.21. The molecular formula is C8H16N2O. The van der Waals surface area contributed by atoms with Gasteiger partial charge in [-0.05, 0) is 6.92 Å². The average Bonchev–Trinajstić information content (AvgIpc) is 2.07. The lowest BCUT2D eigenvalue weighted by Crippen LogP contribution is -2.47. The molecule has 1 saturated heterocycles. The van der Waals surface area contributed by atoms with Crippen LogP contribution in [0.4, 0.5) is 0 Å². The van der Waals surface area contributed by atoms with Gasteiger partial charge in [0.2, 0.25) is 0 Å². The summed E-state index contributed by atoms with van der Waals surface area (Å²) in [5, 5.41) is 3.28. The summed E-state index contributed by atoms with van der Waals surface area (Å²) in [7, 11) is 0. The van der Waals surface area contributed by atoms with Gasteiger partial charge >= 0.3 is 0 Å². The van der Waals surface area contributed by atoms with Gasteiger partial charge in [-0.25, -0.2) is 0 Å². The largest absolute Gasteiger partial charge is 0.314 e. The summed E-state index contributed by atoms with van der Waals surface area (Å²) in [6.07, 6.45) is 1.67. The number of hydrogen-bond acceptors (Lipinski definition) is 3. The summed E-state index contributed by atoms with van der Waals surface area (Å²) < 4.78 is 0. The summed E-state index contributed by atoms with van der Waals surface area (Å²) in [4.78, 5) is 12.6. The molecule has 0 aliphatic carbocycles. The molecule has 0 aromatic heterocycles. The van der Waals surface area contributed by atoms with E-state index in [1.54, 1.807) is 0 Å². The van der Waals surface area contributed by atoms with Gasteiger partial charge in [-0.3, -0.25) is 4.90 Å². The molecule has 1 heterocycles. The van der Waals surface area contributed by atoms with Gasteiger partial charge in [0.1, 0.15) is 6.29 Å². The third-order valence-electron chi connectivity index (χ3n) is 2.21. The van der Waals surface area contributed by atoms with Crippen LogP contribution in [0.2, 0.25) is 0 Å². The summed E-state index contributed by atoms with van der Waals surface area (Å²) >= 11 is 0. The molecule has 1 rings (SSSR count). The van der Waals surface area contributed by atoms with Crippen LogP contribution in [0.3, 0.4) is 0 Å². The van der Waals surface area contributed by atoms with E-state index in [1.165, 1.54) is 0 Å². The molecule has 0 spiro atoms. The van der Waals surface area contributed by atoms with Gasteiger partial charge in [-0.15, -0.1) is 0 Å². The lowest BCUT2D eigenvalue weighted by atomic mass is 10.2. The highest BCUT2D eigenvalue weighted by molar-refractivity contribution is 5.50. The van der Waals surface area contributed by atoms with Crippen LogP contribution in [0.1, 0.15) is 13.3 Å². The van der Waals surface area contributed by atoms with Crippen molar-refractivity contribution in [1.82, 2.24) is 10.2 Å². The highest BCUT2D eigenvalue weighted by Gasteiger charge is 2.14. The van der Waals surface area contributed by atoms with Crippen molar-refractivity contribution < 1.29 is 4.79 Å². The number of carbonyl (C=O) groups is 1. The number of nitrogens with one attached hydrogen (secondary N) is 1. The summed E-state index contributed by atoms with van der Waals surface area (Å²) in [5.74, 6) is 0. The molecule has 11 heavy (non-hydrogen) atoms. The Morgan fingerprint density at radius 2 is 2.18 bits per heavy atom. The number of rotatable bonds is 3. The smallest absolute Gasteiger partial charge is 0.121 e. The first-order valence-electron chi connectivity index (χ1n) is 4.23. The molecule has 3 heteroatoms. The van der Waals surface area contributed by atoms with Gasteiger partial charge in [0.05, 0.1) is 0 Å². The third kappa shape index (κ3) is 2.60. The molecule has 0 amide bonds. The van der Waals surface area contributed by atoms with Crippen molar-refractivity contribution in [2.45, 2.75) is 19.4 Å². The molecular weight excluding hydrogens is 140 g/mol. The standard InChI is InChI=1S/C8H16N2O/c1-8(2-7-11)10-5-3-9-4-6-10/h7-9H,2-6H2,1H3.